The average Bonchev–Trinajstić information content (AvgIpc) is 2.41. The fourth-order valence-corrected chi connectivity index (χ4v) is 3.09. The molecule has 0 saturated carbocycles. The number of hydrogen-bond acceptors (Lipinski definition) is 2. The molecule has 0 fully saturated rings. The highest BCUT2D eigenvalue weighted by molar-refractivity contribution is 9.11. The first-order valence-corrected chi connectivity index (χ1v) is 8.19. The van der Waals surface area contributed by atoms with Gasteiger partial charge in [0.2, 0.25) is 0 Å². The van der Waals surface area contributed by atoms with Gasteiger partial charge in [0.25, 0.3) is 0 Å². The van der Waals surface area contributed by atoms with Crippen molar-refractivity contribution in [3.05, 3.63) is 55.9 Å². The fraction of sp³-hybridized carbons (Fsp3) is 0.200. The molecule has 0 bridgehead atoms. The van der Waals surface area contributed by atoms with Gasteiger partial charge in [-0.15, -0.1) is 0 Å². The van der Waals surface area contributed by atoms with Gasteiger partial charge in [0.05, 0.1) is 4.47 Å². The van der Waals surface area contributed by atoms with Crippen LogP contribution in [0, 0.1) is 0 Å². The van der Waals surface area contributed by atoms with E-state index in [-0.39, 0.29) is 0 Å². The lowest BCUT2D eigenvalue weighted by molar-refractivity contribution is 0.470. The second-order valence-corrected chi connectivity index (χ2v) is 6.35. The molecule has 2 aromatic rings. The zero-order chi connectivity index (χ0) is 14.5. The first-order chi connectivity index (χ1) is 9.61. The van der Waals surface area contributed by atoms with Gasteiger partial charge >= 0.3 is 0 Å². The molecule has 0 unspecified atom stereocenters. The Bertz CT molecular complexity index is 604. The van der Waals surface area contributed by atoms with Crippen LogP contribution in [-0.4, -0.2) is 6.54 Å². The Hall–Kier alpha value is -0.550. The summed E-state index contributed by atoms with van der Waals surface area (Å²) in [6.07, 6.45) is 0. The van der Waals surface area contributed by atoms with E-state index >= 15 is 0 Å². The van der Waals surface area contributed by atoms with E-state index in [2.05, 4.69) is 44.1 Å². The third-order valence-electron chi connectivity index (χ3n) is 2.74. The lowest BCUT2D eigenvalue weighted by atomic mass is 10.2. The highest BCUT2D eigenvalue weighted by Crippen LogP contribution is 2.35. The Morgan fingerprint density at radius 1 is 1.15 bits per heavy atom. The summed E-state index contributed by atoms with van der Waals surface area (Å²) < 4.78 is 7.87. The molecule has 0 aromatic heterocycles. The number of hydrogen-bond donors (Lipinski definition) is 1. The summed E-state index contributed by atoms with van der Waals surface area (Å²) in [6, 6.07) is 11.5. The maximum atomic E-state index is 6.26. The molecule has 0 aliphatic rings. The Kier molecular flexibility index (Phi) is 5.90. The van der Waals surface area contributed by atoms with E-state index in [1.165, 1.54) is 0 Å². The van der Waals surface area contributed by atoms with Crippen molar-refractivity contribution in [3.8, 4) is 11.5 Å². The second-order valence-electron chi connectivity index (χ2n) is 4.17. The molecule has 0 saturated heterocycles. The first-order valence-electron chi connectivity index (χ1n) is 6.23. The predicted molar refractivity (Wildman–Crippen MR) is 90.7 cm³/mol. The molecule has 2 rings (SSSR count). The summed E-state index contributed by atoms with van der Waals surface area (Å²) in [5.74, 6) is 1.52. The minimum atomic E-state index is 0.680. The summed E-state index contributed by atoms with van der Waals surface area (Å²) in [7, 11) is 0. The third-order valence-corrected chi connectivity index (χ3v) is 4.21. The van der Waals surface area contributed by atoms with Crippen LogP contribution in [0.15, 0.2) is 45.3 Å². The van der Waals surface area contributed by atoms with E-state index in [0.717, 1.165) is 32.6 Å². The Morgan fingerprint density at radius 3 is 2.65 bits per heavy atom. The van der Waals surface area contributed by atoms with Gasteiger partial charge in [0, 0.05) is 21.6 Å². The number of ether oxygens (including phenoxy) is 1. The molecule has 0 aliphatic carbocycles. The molecule has 5 heteroatoms. The Labute approximate surface area is 140 Å². The van der Waals surface area contributed by atoms with Crippen LogP contribution in [0.1, 0.15) is 12.5 Å². The maximum Gasteiger partial charge on any atom is 0.141 e. The average molecular weight is 420 g/mol. The largest absolute Gasteiger partial charge is 0.456 e. The molecule has 106 valence electrons. The van der Waals surface area contributed by atoms with Gasteiger partial charge in [-0.1, -0.05) is 40.5 Å². The van der Waals surface area contributed by atoms with Crippen molar-refractivity contribution >= 4 is 43.5 Å². The number of benzene rings is 2. The van der Waals surface area contributed by atoms with Gasteiger partial charge in [-0.05, 0) is 52.8 Å². The second kappa shape index (κ2) is 7.46. The van der Waals surface area contributed by atoms with Crippen LogP contribution in [0.3, 0.4) is 0 Å². The van der Waals surface area contributed by atoms with Crippen LogP contribution in [0.2, 0.25) is 5.02 Å². The summed E-state index contributed by atoms with van der Waals surface area (Å²) in [6.45, 7) is 3.62. The molecule has 0 aliphatic heterocycles. The lowest BCUT2D eigenvalue weighted by Gasteiger charge is -2.14. The molecular formula is C15H14Br2ClNO. The molecule has 0 heterocycles. The van der Waals surface area contributed by atoms with E-state index in [1.54, 1.807) is 0 Å². The number of rotatable bonds is 5. The van der Waals surface area contributed by atoms with E-state index in [4.69, 9.17) is 16.3 Å². The molecule has 0 atom stereocenters. The van der Waals surface area contributed by atoms with Gasteiger partial charge in [-0.25, -0.2) is 0 Å². The summed E-state index contributed by atoms with van der Waals surface area (Å²) in [5.41, 5.74) is 0.964. The van der Waals surface area contributed by atoms with Crippen LogP contribution in [0.5, 0.6) is 11.5 Å². The van der Waals surface area contributed by atoms with Crippen molar-refractivity contribution in [2.75, 3.05) is 6.54 Å². The Balaban J connectivity index is 2.30. The zero-order valence-corrected chi connectivity index (χ0v) is 14.8. The van der Waals surface area contributed by atoms with Crippen molar-refractivity contribution < 1.29 is 4.74 Å². The van der Waals surface area contributed by atoms with Crippen molar-refractivity contribution in [1.82, 2.24) is 5.32 Å². The topological polar surface area (TPSA) is 21.3 Å². The highest BCUT2D eigenvalue weighted by atomic mass is 79.9. The highest BCUT2D eigenvalue weighted by Gasteiger charge is 2.10. The Morgan fingerprint density at radius 2 is 1.95 bits per heavy atom. The smallest absolute Gasteiger partial charge is 0.141 e. The zero-order valence-electron chi connectivity index (χ0n) is 10.9. The monoisotopic (exact) mass is 417 g/mol. The van der Waals surface area contributed by atoms with Crippen LogP contribution in [0.4, 0.5) is 0 Å². The fourth-order valence-electron chi connectivity index (χ4n) is 1.73. The van der Waals surface area contributed by atoms with E-state index in [0.29, 0.717) is 11.6 Å². The molecule has 2 aromatic carbocycles. The molecule has 20 heavy (non-hydrogen) atoms. The summed E-state index contributed by atoms with van der Waals surface area (Å²) in [5, 5.41) is 3.98. The normalized spacial score (nSPS) is 10.6. The molecule has 0 spiro atoms. The minimum absolute atomic E-state index is 0.680. The first kappa shape index (κ1) is 15.8. The van der Waals surface area contributed by atoms with Gasteiger partial charge in [-0.3, -0.25) is 0 Å². The predicted octanol–water partition coefficient (Wildman–Crippen LogP) is 5.77. The molecule has 0 radical (unpaired) electrons. The van der Waals surface area contributed by atoms with Crippen LogP contribution < -0.4 is 10.1 Å². The minimum Gasteiger partial charge on any atom is -0.456 e. The van der Waals surface area contributed by atoms with Crippen molar-refractivity contribution in [2.24, 2.45) is 0 Å². The van der Waals surface area contributed by atoms with Crippen molar-refractivity contribution in [1.29, 1.82) is 0 Å². The third kappa shape index (κ3) is 3.98. The SMILES string of the molecule is CCNCc1c(Cl)cccc1Oc1ccc(Br)cc1Br. The van der Waals surface area contributed by atoms with Crippen LogP contribution in [-0.2, 0) is 6.54 Å². The van der Waals surface area contributed by atoms with E-state index < -0.39 is 0 Å². The maximum absolute atomic E-state index is 6.26. The van der Waals surface area contributed by atoms with Gasteiger partial charge in [0.1, 0.15) is 11.5 Å². The lowest BCUT2D eigenvalue weighted by Crippen LogP contribution is -2.12. The van der Waals surface area contributed by atoms with Gasteiger partial charge in [-0.2, -0.15) is 0 Å². The van der Waals surface area contributed by atoms with Gasteiger partial charge < -0.3 is 10.1 Å². The molecule has 0 amide bonds. The molecule has 1 N–H and O–H groups in total. The number of halogens is 3. The van der Waals surface area contributed by atoms with E-state index in [1.807, 2.05) is 36.4 Å². The van der Waals surface area contributed by atoms with Crippen molar-refractivity contribution in [2.45, 2.75) is 13.5 Å². The van der Waals surface area contributed by atoms with Crippen LogP contribution >= 0.6 is 43.5 Å². The number of nitrogens with one attached hydrogen (secondary N) is 1. The van der Waals surface area contributed by atoms with Gasteiger partial charge in [0.15, 0.2) is 0 Å². The van der Waals surface area contributed by atoms with Crippen LogP contribution in [0.25, 0.3) is 0 Å². The summed E-state index contributed by atoms with van der Waals surface area (Å²) >= 11 is 13.2. The quantitative estimate of drug-likeness (QED) is 0.665. The molecular weight excluding hydrogens is 405 g/mol. The summed E-state index contributed by atoms with van der Waals surface area (Å²) in [4.78, 5) is 0. The standard InChI is InChI=1S/C15H14Br2ClNO/c1-2-19-9-11-13(18)4-3-5-14(11)20-15-7-6-10(16)8-12(15)17/h3-8,19H,2,9H2,1H3. The molecule has 2 nitrogen and oxygen atoms in total. The van der Waals surface area contributed by atoms with Crippen molar-refractivity contribution in [3.63, 3.8) is 0 Å². The van der Waals surface area contributed by atoms with E-state index in [9.17, 15) is 0 Å².